The summed E-state index contributed by atoms with van der Waals surface area (Å²) >= 11 is 0. The zero-order valence-electron chi connectivity index (χ0n) is 11.1. The average molecular weight is 208 g/mol. The largest absolute Gasteiger partial charge is 0.129 e. The molecule has 0 spiro atoms. The molecule has 0 aromatic rings. The fourth-order valence-electron chi connectivity index (χ4n) is 1.57. The molecule has 0 nitrogen and oxygen atoms in total. The van der Waals surface area contributed by atoms with Crippen LogP contribution in [0.15, 0.2) is 17.9 Å². The Balaban J connectivity index is 3.80. The minimum atomic E-state index is 0.331. The van der Waals surface area contributed by atoms with Crippen molar-refractivity contribution in [3.63, 3.8) is 0 Å². The summed E-state index contributed by atoms with van der Waals surface area (Å²) in [6, 6.07) is 0. The topological polar surface area (TPSA) is 0 Å². The molecule has 0 heteroatoms. The Hall–Kier alpha value is -0.480. The van der Waals surface area contributed by atoms with Crippen molar-refractivity contribution in [2.24, 2.45) is 5.41 Å². The highest BCUT2D eigenvalue weighted by Gasteiger charge is 2.11. The number of rotatable bonds is 8. The van der Waals surface area contributed by atoms with Crippen molar-refractivity contribution in [3.05, 3.63) is 17.9 Å². The van der Waals surface area contributed by atoms with Gasteiger partial charge in [0.15, 0.2) is 0 Å². The van der Waals surface area contributed by atoms with Crippen LogP contribution in [0, 0.1) is 5.41 Å². The van der Waals surface area contributed by atoms with Crippen molar-refractivity contribution in [2.75, 3.05) is 0 Å². The van der Waals surface area contributed by atoms with Crippen LogP contribution in [0.25, 0.3) is 0 Å². The molecule has 0 amide bonds. The second-order valence-corrected chi connectivity index (χ2v) is 5.10. The van der Waals surface area contributed by atoms with Crippen LogP contribution in [0.4, 0.5) is 0 Å². The highest BCUT2D eigenvalue weighted by Crippen LogP contribution is 2.24. The van der Waals surface area contributed by atoms with Gasteiger partial charge in [-0.25, -0.2) is 0 Å². The van der Waals surface area contributed by atoms with Gasteiger partial charge in [0.2, 0.25) is 0 Å². The zero-order chi connectivity index (χ0) is 11.6. The maximum atomic E-state index is 3.34. The summed E-state index contributed by atoms with van der Waals surface area (Å²) in [5.41, 5.74) is 3.67. The molecule has 0 aliphatic rings. The van der Waals surface area contributed by atoms with Crippen LogP contribution < -0.4 is 0 Å². The number of allylic oxidation sites excluding steroid dienone is 1. The van der Waals surface area contributed by atoms with E-state index in [9.17, 15) is 0 Å². The summed E-state index contributed by atoms with van der Waals surface area (Å²) < 4.78 is 0. The third-order valence-electron chi connectivity index (χ3n) is 2.72. The Labute approximate surface area is 96.5 Å². The molecule has 0 heterocycles. The normalized spacial score (nSPS) is 10.9. The molecule has 0 aliphatic carbocycles. The Morgan fingerprint density at radius 3 is 2.27 bits per heavy atom. The molecule has 88 valence electrons. The highest BCUT2D eigenvalue weighted by atomic mass is 14.2. The van der Waals surface area contributed by atoms with Crippen molar-refractivity contribution >= 4 is 0 Å². The first-order chi connectivity index (χ1) is 7.12. The maximum absolute atomic E-state index is 3.34. The Morgan fingerprint density at radius 1 is 1.00 bits per heavy atom. The van der Waals surface area contributed by atoms with Gasteiger partial charge in [-0.2, -0.15) is 0 Å². The van der Waals surface area contributed by atoms with Crippen LogP contribution in [0.3, 0.4) is 0 Å². The lowest BCUT2D eigenvalue weighted by Crippen LogP contribution is -2.05. The van der Waals surface area contributed by atoms with Crippen LogP contribution >= 0.6 is 0 Å². The second-order valence-electron chi connectivity index (χ2n) is 5.10. The fourth-order valence-corrected chi connectivity index (χ4v) is 1.57. The van der Waals surface area contributed by atoms with Crippen LogP contribution in [-0.2, 0) is 0 Å². The zero-order valence-corrected chi connectivity index (χ0v) is 11.1. The standard InChI is InChI=1S/C15H28/c1-5-7-9-10-11-12-14-15(3,4)13-8-6-2/h11,14H,5-10,13H2,1-4H3. The van der Waals surface area contributed by atoms with Crippen molar-refractivity contribution in [1.82, 2.24) is 0 Å². The first-order valence-corrected chi connectivity index (χ1v) is 6.54. The van der Waals surface area contributed by atoms with Crippen LogP contribution in [0.2, 0.25) is 0 Å². The summed E-state index contributed by atoms with van der Waals surface area (Å²) in [5.74, 6) is 0. The van der Waals surface area contributed by atoms with Gasteiger partial charge in [-0.15, -0.1) is 5.73 Å². The second kappa shape index (κ2) is 8.80. The Morgan fingerprint density at radius 2 is 1.67 bits per heavy atom. The molecule has 0 radical (unpaired) electrons. The predicted octanol–water partition coefficient (Wildman–Crippen LogP) is 5.49. The molecule has 0 saturated carbocycles. The summed E-state index contributed by atoms with van der Waals surface area (Å²) in [4.78, 5) is 0. The minimum absolute atomic E-state index is 0.331. The van der Waals surface area contributed by atoms with E-state index < -0.39 is 0 Å². The molecule has 15 heavy (non-hydrogen) atoms. The van der Waals surface area contributed by atoms with Crippen LogP contribution in [0.1, 0.15) is 72.6 Å². The molecule has 0 N–H and O–H groups in total. The fraction of sp³-hybridized carbons (Fsp3) is 0.800. The first-order valence-electron chi connectivity index (χ1n) is 6.54. The number of unbranched alkanes of at least 4 members (excludes halogenated alkanes) is 4. The van der Waals surface area contributed by atoms with Crippen molar-refractivity contribution < 1.29 is 0 Å². The highest BCUT2D eigenvalue weighted by molar-refractivity contribution is 4.95. The van der Waals surface area contributed by atoms with Gasteiger partial charge >= 0.3 is 0 Å². The van der Waals surface area contributed by atoms with E-state index in [1.54, 1.807) is 0 Å². The van der Waals surface area contributed by atoms with Gasteiger partial charge in [-0.05, 0) is 36.8 Å². The lowest BCUT2D eigenvalue weighted by Gasteiger charge is -2.17. The SMILES string of the molecule is CCCCCC=C=CC(C)(C)CCCC. The molecule has 0 rings (SSSR count). The monoisotopic (exact) mass is 208 g/mol. The smallest absolute Gasteiger partial charge is 0.00992 e. The molecule has 0 atom stereocenters. The summed E-state index contributed by atoms with van der Waals surface area (Å²) in [6.45, 7) is 9.10. The van der Waals surface area contributed by atoms with Crippen molar-refractivity contribution in [1.29, 1.82) is 0 Å². The molecule has 0 bridgehead atoms. The first kappa shape index (κ1) is 14.5. The van der Waals surface area contributed by atoms with E-state index in [2.05, 4.69) is 45.6 Å². The van der Waals surface area contributed by atoms with Gasteiger partial charge in [0.25, 0.3) is 0 Å². The summed E-state index contributed by atoms with van der Waals surface area (Å²) in [5, 5.41) is 0. The van der Waals surface area contributed by atoms with E-state index in [-0.39, 0.29) is 0 Å². The van der Waals surface area contributed by atoms with Crippen molar-refractivity contribution in [2.45, 2.75) is 72.6 Å². The maximum Gasteiger partial charge on any atom is -0.00992 e. The Bertz CT molecular complexity index is 192. The van der Waals surface area contributed by atoms with Crippen molar-refractivity contribution in [3.8, 4) is 0 Å². The van der Waals surface area contributed by atoms with Crippen LogP contribution in [0.5, 0.6) is 0 Å². The van der Waals surface area contributed by atoms with E-state index in [0.717, 1.165) is 0 Å². The average Bonchev–Trinajstić information content (AvgIpc) is 2.20. The minimum Gasteiger partial charge on any atom is -0.129 e. The van der Waals surface area contributed by atoms with Gasteiger partial charge in [0, 0.05) is 0 Å². The molecular formula is C15H28. The number of hydrogen-bond donors (Lipinski definition) is 0. The van der Waals surface area contributed by atoms with E-state index in [0.29, 0.717) is 5.41 Å². The molecule has 0 aromatic heterocycles. The molecule has 0 aliphatic heterocycles. The molecule has 0 fully saturated rings. The molecule has 0 unspecified atom stereocenters. The predicted molar refractivity (Wildman–Crippen MR) is 70.1 cm³/mol. The van der Waals surface area contributed by atoms with Gasteiger partial charge in [-0.3, -0.25) is 0 Å². The van der Waals surface area contributed by atoms with E-state index >= 15 is 0 Å². The lowest BCUT2D eigenvalue weighted by atomic mass is 9.87. The van der Waals surface area contributed by atoms with Gasteiger partial charge < -0.3 is 0 Å². The van der Waals surface area contributed by atoms with E-state index in [1.165, 1.54) is 44.9 Å². The molecule has 0 aromatic carbocycles. The van der Waals surface area contributed by atoms with E-state index in [4.69, 9.17) is 0 Å². The number of hydrogen-bond acceptors (Lipinski definition) is 0. The van der Waals surface area contributed by atoms with Crippen LogP contribution in [-0.4, -0.2) is 0 Å². The molecular weight excluding hydrogens is 180 g/mol. The van der Waals surface area contributed by atoms with Gasteiger partial charge in [0.1, 0.15) is 0 Å². The molecule has 0 saturated heterocycles. The van der Waals surface area contributed by atoms with Gasteiger partial charge in [-0.1, -0.05) is 53.4 Å². The third kappa shape index (κ3) is 9.82. The van der Waals surface area contributed by atoms with Gasteiger partial charge in [0.05, 0.1) is 0 Å². The third-order valence-corrected chi connectivity index (χ3v) is 2.72. The summed E-state index contributed by atoms with van der Waals surface area (Å²) in [7, 11) is 0. The summed E-state index contributed by atoms with van der Waals surface area (Å²) in [6.07, 6.45) is 13.5. The lowest BCUT2D eigenvalue weighted by molar-refractivity contribution is 0.419. The Kier molecular flexibility index (Phi) is 8.52. The quantitative estimate of drug-likeness (QED) is 0.365. The van der Waals surface area contributed by atoms with E-state index in [1.807, 2.05) is 0 Å².